The van der Waals surface area contributed by atoms with Gasteiger partial charge in [0.2, 0.25) is 5.91 Å². The molecule has 3 aliphatic rings. The second-order valence-corrected chi connectivity index (χ2v) is 8.13. The first kappa shape index (κ1) is 19.1. The summed E-state index contributed by atoms with van der Waals surface area (Å²) in [5.41, 5.74) is 1.60. The Kier molecular flexibility index (Phi) is 5.45. The molecule has 0 bridgehead atoms. The molecular weight excluding hydrogens is 382 g/mol. The minimum Gasteiger partial charge on any atom is -0.368 e. The molecule has 3 aliphatic heterocycles. The van der Waals surface area contributed by atoms with Crippen molar-refractivity contribution in [1.29, 1.82) is 0 Å². The highest BCUT2D eigenvalue weighted by Gasteiger charge is 2.42. The predicted octanol–water partition coefficient (Wildman–Crippen LogP) is 1.56. The maximum absolute atomic E-state index is 12.9. The average molecular weight is 405 g/mol. The molecule has 0 aliphatic carbocycles. The first-order chi connectivity index (χ1) is 13.5. The predicted molar refractivity (Wildman–Crippen MR) is 100 cm³/mol. The number of imide groups is 1. The Bertz CT molecular complexity index is 801. The highest BCUT2D eigenvalue weighted by Crippen LogP contribution is 2.31. The van der Waals surface area contributed by atoms with Crippen molar-refractivity contribution in [2.24, 2.45) is 0 Å². The van der Waals surface area contributed by atoms with Gasteiger partial charge in [-0.25, -0.2) is 0 Å². The summed E-state index contributed by atoms with van der Waals surface area (Å²) in [6, 6.07) is -0.612. The van der Waals surface area contributed by atoms with Crippen LogP contribution in [0, 0.1) is 0 Å². The van der Waals surface area contributed by atoms with Crippen LogP contribution in [0.5, 0.6) is 0 Å². The molecule has 28 heavy (non-hydrogen) atoms. The zero-order valence-electron chi connectivity index (χ0n) is 15.6. The second kappa shape index (κ2) is 8.00. The van der Waals surface area contributed by atoms with Crippen LogP contribution >= 0.6 is 11.3 Å². The lowest BCUT2D eigenvalue weighted by Gasteiger charge is -2.35. The van der Waals surface area contributed by atoms with E-state index in [1.165, 1.54) is 16.2 Å². The van der Waals surface area contributed by atoms with Crippen LogP contribution < -0.4 is 0 Å². The van der Waals surface area contributed by atoms with Gasteiger partial charge in [0.25, 0.3) is 11.8 Å². The lowest BCUT2D eigenvalue weighted by molar-refractivity contribution is -0.185. The normalized spacial score (nSPS) is 22.9. The molecule has 8 nitrogen and oxygen atoms in total. The summed E-state index contributed by atoms with van der Waals surface area (Å²) in [4.78, 5) is 57.6. The maximum Gasteiger partial charge on any atom is 0.325 e. The van der Waals surface area contributed by atoms with E-state index < -0.39 is 6.04 Å². The highest BCUT2D eigenvalue weighted by atomic mass is 32.1. The third kappa shape index (κ3) is 3.68. The topological polar surface area (TPSA) is 87.2 Å². The average Bonchev–Trinajstić information content (AvgIpc) is 3.39. The van der Waals surface area contributed by atoms with E-state index in [0.29, 0.717) is 24.9 Å². The molecule has 4 heterocycles. The molecule has 0 spiro atoms. The Morgan fingerprint density at radius 1 is 1.18 bits per heavy atom. The van der Waals surface area contributed by atoms with Gasteiger partial charge < -0.3 is 9.74 Å². The van der Waals surface area contributed by atoms with E-state index >= 15 is 0 Å². The third-order valence-electron chi connectivity index (χ3n) is 5.49. The number of fused-ring (bicyclic) bond motifs is 1. The lowest BCUT2D eigenvalue weighted by Crippen LogP contribution is -2.54. The Morgan fingerprint density at radius 2 is 1.96 bits per heavy atom. The van der Waals surface area contributed by atoms with Crippen molar-refractivity contribution < 1.29 is 24.0 Å². The monoisotopic (exact) mass is 405 g/mol. The van der Waals surface area contributed by atoms with Crippen LogP contribution in [-0.4, -0.2) is 64.2 Å². The molecule has 1 aromatic rings. The molecule has 1 atom stereocenters. The number of likely N-dealkylation sites (tertiary alicyclic amines) is 1. The molecule has 150 valence electrons. The first-order valence-corrected chi connectivity index (χ1v) is 10.6. The Hall–Kier alpha value is -2.26. The van der Waals surface area contributed by atoms with Crippen molar-refractivity contribution in [1.82, 2.24) is 14.9 Å². The number of carbonyl (C=O) groups excluding carboxylic acids is 4. The number of hydrogen-bond donors (Lipinski definition) is 0. The summed E-state index contributed by atoms with van der Waals surface area (Å²) in [5.74, 6) is -1.06. The van der Waals surface area contributed by atoms with Gasteiger partial charge in [0.05, 0.1) is 5.56 Å². The van der Waals surface area contributed by atoms with Crippen molar-refractivity contribution in [3.05, 3.63) is 21.9 Å². The van der Waals surface area contributed by atoms with Gasteiger partial charge in [-0.05, 0) is 36.6 Å². The molecule has 2 saturated heterocycles. The van der Waals surface area contributed by atoms with Gasteiger partial charge in [0.15, 0.2) is 0 Å². The van der Waals surface area contributed by atoms with Crippen LogP contribution in [0.4, 0.5) is 0 Å². The summed E-state index contributed by atoms with van der Waals surface area (Å²) in [6.45, 7) is 2.10. The highest BCUT2D eigenvalue weighted by molar-refractivity contribution is 7.08. The fraction of sp³-hybridized carbons (Fsp3) is 0.579. The summed E-state index contributed by atoms with van der Waals surface area (Å²) < 4.78 is 0. The van der Waals surface area contributed by atoms with E-state index in [4.69, 9.17) is 4.84 Å². The fourth-order valence-electron chi connectivity index (χ4n) is 3.99. The van der Waals surface area contributed by atoms with Gasteiger partial charge >= 0.3 is 5.97 Å². The molecule has 1 aromatic heterocycles. The second-order valence-electron chi connectivity index (χ2n) is 7.38. The van der Waals surface area contributed by atoms with Crippen molar-refractivity contribution in [3.63, 3.8) is 0 Å². The summed E-state index contributed by atoms with van der Waals surface area (Å²) in [7, 11) is 0. The summed E-state index contributed by atoms with van der Waals surface area (Å²) in [6.07, 6.45) is 3.13. The number of thiophene rings is 1. The summed E-state index contributed by atoms with van der Waals surface area (Å²) in [5, 5.41) is 5.39. The SMILES string of the molecule is O=C(CCCN1C(=O)CCC(N2Cc3cscc3C2=O)C1=O)ON1CCCC1. The van der Waals surface area contributed by atoms with Crippen molar-refractivity contribution in [2.75, 3.05) is 19.6 Å². The van der Waals surface area contributed by atoms with E-state index in [2.05, 4.69) is 0 Å². The van der Waals surface area contributed by atoms with E-state index in [0.717, 1.165) is 31.5 Å². The van der Waals surface area contributed by atoms with Crippen molar-refractivity contribution in [3.8, 4) is 0 Å². The maximum atomic E-state index is 12.9. The zero-order valence-corrected chi connectivity index (χ0v) is 16.4. The molecule has 9 heteroatoms. The zero-order chi connectivity index (χ0) is 19.7. The van der Waals surface area contributed by atoms with Gasteiger partial charge in [-0.3, -0.25) is 24.1 Å². The molecule has 0 saturated carbocycles. The Balaban J connectivity index is 1.31. The third-order valence-corrected chi connectivity index (χ3v) is 6.29. The van der Waals surface area contributed by atoms with Crippen LogP contribution in [0.25, 0.3) is 0 Å². The number of rotatable bonds is 6. The van der Waals surface area contributed by atoms with Crippen LogP contribution in [0.15, 0.2) is 10.8 Å². The number of hydrogen-bond acceptors (Lipinski definition) is 7. The Labute approximate surface area is 167 Å². The summed E-state index contributed by atoms with van der Waals surface area (Å²) >= 11 is 1.48. The van der Waals surface area contributed by atoms with E-state index in [-0.39, 0.29) is 43.1 Å². The van der Waals surface area contributed by atoms with Crippen molar-refractivity contribution >= 4 is 35.0 Å². The molecule has 0 N–H and O–H groups in total. The molecule has 1 unspecified atom stereocenters. The number of carbonyl (C=O) groups is 4. The smallest absolute Gasteiger partial charge is 0.325 e. The lowest BCUT2D eigenvalue weighted by atomic mass is 10.0. The first-order valence-electron chi connectivity index (χ1n) is 9.70. The van der Waals surface area contributed by atoms with Crippen LogP contribution in [0.1, 0.15) is 54.4 Å². The van der Waals surface area contributed by atoms with Crippen molar-refractivity contribution in [2.45, 2.75) is 51.1 Å². The molecule has 3 amide bonds. The van der Waals surface area contributed by atoms with Gasteiger partial charge in [-0.1, -0.05) is 0 Å². The number of amides is 3. The van der Waals surface area contributed by atoms with Crippen LogP contribution in [0.3, 0.4) is 0 Å². The van der Waals surface area contributed by atoms with Crippen LogP contribution in [-0.2, 0) is 25.8 Å². The van der Waals surface area contributed by atoms with Crippen LogP contribution in [0.2, 0.25) is 0 Å². The van der Waals surface area contributed by atoms with E-state index in [1.54, 1.807) is 15.3 Å². The van der Waals surface area contributed by atoms with Gasteiger partial charge in [-0.15, -0.1) is 5.06 Å². The van der Waals surface area contributed by atoms with Gasteiger partial charge in [0.1, 0.15) is 6.04 Å². The van der Waals surface area contributed by atoms with Gasteiger partial charge in [0, 0.05) is 44.4 Å². The van der Waals surface area contributed by atoms with E-state index in [1.807, 2.05) is 5.38 Å². The fourth-order valence-corrected chi connectivity index (χ4v) is 4.81. The largest absolute Gasteiger partial charge is 0.368 e. The Morgan fingerprint density at radius 3 is 2.71 bits per heavy atom. The molecule has 0 aromatic carbocycles. The molecule has 4 rings (SSSR count). The molecule has 2 fully saturated rings. The number of nitrogens with zero attached hydrogens (tertiary/aromatic N) is 3. The minimum absolute atomic E-state index is 0.141. The van der Waals surface area contributed by atoms with Gasteiger partial charge in [-0.2, -0.15) is 11.3 Å². The number of hydroxylamine groups is 2. The standard InChI is InChI=1S/C19H23N3O5S/c23-16-6-5-15(22-10-13-11-28-12-14(13)18(22)25)19(26)21(16)9-3-4-17(24)27-20-7-1-2-8-20/h11-12,15H,1-10H2. The quantitative estimate of drug-likeness (QED) is 0.668. The van der Waals surface area contributed by atoms with E-state index in [9.17, 15) is 19.2 Å². The molecular formula is C19H23N3O5S. The minimum atomic E-state index is -0.612. The number of piperidine rings is 1. The molecule has 0 radical (unpaired) electrons.